The molecule has 0 aliphatic carbocycles. The highest BCUT2D eigenvalue weighted by molar-refractivity contribution is 5.32. The maximum atomic E-state index is 10.2. The molecule has 0 bridgehead atoms. The summed E-state index contributed by atoms with van der Waals surface area (Å²) in [5.74, 6) is 0.713. The first-order chi connectivity index (χ1) is 11.8. The number of aromatic nitrogens is 1. The summed E-state index contributed by atoms with van der Waals surface area (Å²) in [5, 5.41) is 13.5. The topological polar surface area (TPSA) is 63.6 Å². The van der Waals surface area contributed by atoms with Gasteiger partial charge in [-0.3, -0.25) is 0 Å². The third kappa shape index (κ3) is 4.12. The van der Waals surface area contributed by atoms with E-state index in [1.165, 1.54) is 0 Å². The second kappa shape index (κ2) is 8.24. The van der Waals surface area contributed by atoms with Crippen LogP contribution >= 0.6 is 0 Å². The van der Waals surface area contributed by atoms with Gasteiger partial charge in [-0.25, -0.2) is 4.98 Å². The number of nitrogens with one attached hydrogen (secondary N) is 1. The molecule has 24 heavy (non-hydrogen) atoms. The molecule has 2 unspecified atom stereocenters. The molecule has 0 saturated heterocycles. The van der Waals surface area contributed by atoms with Gasteiger partial charge in [0.05, 0.1) is 12.3 Å². The molecule has 5 nitrogen and oxygen atoms in total. The smallest absolute Gasteiger partial charge is 0.227 e. The average molecular weight is 328 g/mol. The van der Waals surface area contributed by atoms with Crippen LogP contribution in [0.5, 0.6) is 5.75 Å². The van der Waals surface area contributed by atoms with Gasteiger partial charge < -0.3 is 19.9 Å². The Morgan fingerprint density at radius 2 is 2.08 bits per heavy atom. The Kier molecular flexibility index (Phi) is 5.80. The molecule has 2 aromatic rings. The third-order valence-electron chi connectivity index (χ3n) is 4.02. The molecule has 1 aromatic carbocycles. The zero-order valence-corrected chi connectivity index (χ0v) is 13.9. The van der Waals surface area contributed by atoms with Crippen molar-refractivity contribution in [3.8, 4) is 5.75 Å². The maximum Gasteiger partial charge on any atom is 0.227 e. The van der Waals surface area contributed by atoms with E-state index < -0.39 is 12.4 Å². The van der Waals surface area contributed by atoms with Crippen molar-refractivity contribution in [2.45, 2.75) is 38.8 Å². The molecule has 128 valence electrons. The van der Waals surface area contributed by atoms with Crippen molar-refractivity contribution in [3.05, 3.63) is 59.4 Å². The van der Waals surface area contributed by atoms with Crippen molar-refractivity contribution in [2.24, 2.45) is 0 Å². The highest BCUT2D eigenvalue weighted by Gasteiger charge is 2.23. The average Bonchev–Trinajstić information content (AvgIpc) is 2.65. The van der Waals surface area contributed by atoms with Gasteiger partial charge in [-0.15, -0.1) is 0 Å². The molecule has 2 heterocycles. The van der Waals surface area contributed by atoms with Crippen molar-refractivity contribution in [3.63, 3.8) is 0 Å². The zero-order chi connectivity index (χ0) is 16.8. The lowest BCUT2D eigenvalue weighted by molar-refractivity contribution is -0.113. The van der Waals surface area contributed by atoms with E-state index in [4.69, 9.17) is 9.47 Å². The van der Waals surface area contributed by atoms with E-state index in [1.807, 2.05) is 42.5 Å². The van der Waals surface area contributed by atoms with Crippen molar-refractivity contribution in [1.82, 2.24) is 10.3 Å². The summed E-state index contributed by atoms with van der Waals surface area (Å²) in [6.45, 7) is 3.92. The lowest BCUT2D eigenvalue weighted by Gasteiger charge is -2.26. The molecule has 3 rings (SSSR count). The maximum absolute atomic E-state index is 10.2. The number of nitrogens with zero attached hydrogens (tertiary/aromatic N) is 1. The summed E-state index contributed by atoms with van der Waals surface area (Å²) >= 11 is 0. The SMILES string of the molecule is CCCCNCC(O)c1ccc2c(n1)COC(c1ccccc1)O2. The summed E-state index contributed by atoms with van der Waals surface area (Å²) in [6.07, 6.45) is 1.20. The zero-order valence-electron chi connectivity index (χ0n) is 13.9. The van der Waals surface area contributed by atoms with Crippen LogP contribution in [-0.2, 0) is 11.3 Å². The van der Waals surface area contributed by atoms with Gasteiger partial charge in [0.1, 0.15) is 17.5 Å². The summed E-state index contributed by atoms with van der Waals surface area (Å²) in [5.41, 5.74) is 2.35. The second-order valence-electron chi connectivity index (χ2n) is 5.93. The summed E-state index contributed by atoms with van der Waals surface area (Å²) < 4.78 is 11.6. The molecule has 1 aromatic heterocycles. The molecule has 0 amide bonds. The van der Waals surface area contributed by atoms with Gasteiger partial charge in [0.2, 0.25) is 6.29 Å². The number of hydrogen-bond acceptors (Lipinski definition) is 5. The molecule has 2 atom stereocenters. The minimum Gasteiger partial charge on any atom is -0.459 e. The predicted octanol–water partition coefficient (Wildman–Crippen LogP) is 3.11. The van der Waals surface area contributed by atoms with Gasteiger partial charge in [-0.1, -0.05) is 43.7 Å². The fourth-order valence-corrected chi connectivity index (χ4v) is 2.63. The van der Waals surface area contributed by atoms with Crippen LogP contribution < -0.4 is 10.1 Å². The number of ether oxygens (including phenoxy) is 2. The van der Waals surface area contributed by atoms with Crippen LogP contribution in [0.25, 0.3) is 0 Å². The first-order valence-corrected chi connectivity index (χ1v) is 8.49. The van der Waals surface area contributed by atoms with Gasteiger partial charge in [0, 0.05) is 12.1 Å². The summed E-state index contributed by atoms with van der Waals surface area (Å²) in [7, 11) is 0. The standard InChI is InChI=1S/C19H24N2O3/c1-2-3-11-20-12-17(22)15-9-10-18-16(21-15)13-23-19(24-18)14-7-5-4-6-8-14/h4-10,17,19-20,22H,2-3,11-13H2,1H3. The fraction of sp³-hybridized carbons (Fsp3) is 0.421. The van der Waals surface area contributed by atoms with Crippen molar-refractivity contribution in [2.75, 3.05) is 13.1 Å². The van der Waals surface area contributed by atoms with Gasteiger partial charge in [-0.2, -0.15) is 0 Å². The van der Waals surface area contributed by atoms with Crippen LogP contribution in [0, 0.1) is 0 Å². The Morgan fingerprint density at radius 1 is 1.25 bits per heavy atom. The Bertz CT molecular complexity index is 648. The van der Waals surface area contributed by atoms with E-state index in [0.29, 0.717) is 24.6 Å². The monoisotopic (exact) mass is 328 g/mol. The number of benzene rings is 1. The van der Waals surface area contributed by atoms with E-state index in [9.17, 15) is 5.11 Å². The molecule has 5 heteroatoms. The number of hydrogen-bond donors (Lipinski definition) is 2. The van der Waals surface area contributed by atoms with Crippen LogP contribution in [0.2, 0.25) is 0 Å². The van der Waals surface area contributed by atoms with Crippen LogP contribution in [0.15, 0.2) is 42.5 Å². The van der Waals surface area contributed by atoms with Crippen LogP contribution in [0.1, 0.15) is 49.1 Å². The molecule has 0 fully saturated rings. The first kappa shape index (κ1) is 16.9. The Labute approximate surface area is 142 Å². The minimum atomic E-state index is -0.626. The molecular weight excluding hydrogens is 304 g/mol. The highest BCUT2D eigenvalue weighted by atomic mass is 16.7. The number of aliphatic hydroxyl groups excluding tert-OH is 1. The molecule has 1 aliphatic rings. The molecule has 1 aliphatic heterocycles. The normalized spacial score (nSPS) is 17.8. The number of unbranched alkanes of at least 4 members (excludes halogenated alkanes) is 1. The lowest BCUT2D eigenvalue weighted by Crippen LogP contribution is -2.24. The number of pyridine rings is 1. The largest absolute Gasteiger partial charge is 0.459 e. The van der Waals surface area contributed by atoms with Gasteiger partial charge in [-0.05, 0) is 25.1 Å². The lowest BCUT2D eigenvalue weighted by atomic mass is 10.1. The van der Waals surface area contributed by atoms with Crippen LogP contribution in [0.4, 0.5) is 0 Å². The molecule has 0 saturated carbocycles. The van der Waals surface area contributed by atoms with E-state index >= 15 is 0 Å². The van der Waals surface area contributed by atoms with E-state index in [0.717, 1.165) is 30.6 Å². The Balaban J connectivity index is 1.63. The molecule has 0 spiro atoms. The number of rotatable bonds is 7. The highest BCUT2D eigenvalue weighted by Crippen LogP contribution is 2.32. The molecule has 2 N–H and O–H groups in total. The van der Waals surface area contributed by atoms with Crippen molar-refractivity contribution < 1.29 is 14.6 Å². The Morgan fingerprint density at radius 3 is 2.88 bits per heavy atom. The minimum absolute atomic E-state index is 0.374. The van der Waals surface area contributed by atoms with E-state index in [1.54, 1.807) is 0 Å². The summed E-state index contributed by atoms with van der Waals surface area (Å²) in [6, 6.07) is 13.5. The summed E-state index contributed by atoms with van der Waals surface area (Å²) in [4.78, 5) is 4.50. The predicted molar refractivity (Wildman–Crippen MR) is 91.6 cm³/mol. The fourth-order valence-electron chi connectivity index (χ4n) is 2.63. The molecule has 0 radical (unpaired) electrons. The van der Waals surface area contributed by atoms with Crippen molar-refractivity contribution >= 4 is 0 Å². The van der Waals surface area contributed by atoms with Gasteiger partial charge >= 0.3 is 0 Å². The van der Waals surface area contributed by atoms with Gasteiger partial charge in [0.25, 0.3) is 0 Å². The first-order valence-electron chi connectivity index (χ1n) is 8.49. The number of aliphatic hydroxyl groups is 1. The number of fused-ring (bicyclic) bond motifs is 1. The quantitative estimate of drug-likeness (QED) is 0.765. The van der Waals surface area contributed by atoms with Gasteiger partial charge in [0.15, 0.2) is 0 Å². The van der Waals surface area contributed by atoms with E-state index in [-0.39, 0.29) is 0 Å². The third-order valence-corrected chi connectivity index (χ3v) is 4.02. The Hall–Kier alpha value is -1.95. The second-order valence-corrected chi connectivity index (χ2v) is 5.93. The van der Waals surface area contributed by atoms with E-state index in [2.05, 4.69) is 17.2 Å². The van der Waals surface area contributed by atoms with Crippen LogP contribution in [-0.4, -0.2) is 23.2 Å². The van der Waals surface area contributed by atoms with Crippen LogP contribution in [0.3, 0.4) is 0 Å². The van der Waals surface area contributed by atoms with Crippen molar-refractivity contribution in [1.29, 1.82) is 0 Å². The molecular formula is C19H24N2O3.